The fraction of sp³-hybridized carbons (Fsp3) is 0.226. The molecule has 0 heterocycles. The number of hydrogen-bond acceptors (Lipinski definition) is 2. The number of hydrogen-bond donors (Lipinski definition) is 0. The molecule has 4 aromatic carbocycles. The van der Waals surface area contributed by atoms with Crippen LogP contribution >= 0.6 is 0 Å². The summed E-state index contributed by atoms with van der Waals surface area (Å²) >= 11 is 0. The normalized spacial score (nSPS) is 13.0. The summed E-state index contributed by atoms with van der Waals surface area (Å²) in [6, 6.07) is 32.7. The zero-order valence-electron chi connectivity index (χ0n) is 20.7. The van der Waals surface area contributed by atoms with E-state index in [0.29, 0.717) is 0 Å². The van der Waals surface area contributed by atoms with Gasteiger partial charge in [0.25, 0.3) is 0 Å². The van der Waals surface area contributed by atoms with E-state index in [0.717, 1.165) is 6.42 Å². The van der Waals surface area contributed by atoms with Crippen molar-refractivity contribution >= 4 is 13.7 Å². The lowest BCUT2D eigenvalue weighted by atomic mass is 9.98. The number of benzene rings is 4. The average molecular weight is 465 g/mol. The third-order valence-corrected chi connectivity index (χ3v) is 11.5. The minimum absolute atomic E-state index is 0.154. The van der Waals surface area contributed by atoms with E-state index in [-0.39, 0.29) is 5.04 Å². The van der Waals surface area contributed by atoms with E-state index in [9.17, 15) is 0 Å². The molecule has 4 aromatic rings. The molecule has 2 nitrogen and oxygen atoms in total. The van der Waals surface area contributed by atoms with Crippen LogP contribution in [0.5, 0.6) is 0 Å². The van der Waals surface area contributed by atoms with E-state index in [1.54, 1.807) is 0 Å². The second-order valence-electron chi connectivity index (χ2n) is 10.1. The van der Waals surface area contributed by atoms with Crippen LogP contribution in [0.2, 0.25) is 5.04 Å². The molecule has 0 N–H and O–H groups in total. The molecule has 0 spiro atoms. The van der Waals surface area contributed by atoms with Crippen LogP contribution in [0.1, 0.15) is 31.9 Å². The first-order chi connectivity index (χ1) is 16.4. The zero-order valence-corrected chi connectivity index (χ0v) is 21.7. The summed E-state index contributed by atoms with van der Waals surface area (Å²) in [5.41, 5.74) is 10.3. The third kappa shape index (κ3) is 3.56. The van der Waals surface area contributed by atoms with Crippen molar-refractivity contribution in [3.8, 4) is 33.4 Å². The van der Waals surface area contributed by atoms with Gasteiger partial charge in [-0.25, -0.2) is 0 Å². The Morgan fingerprint density at radius 2 is 1.18 bits per heavy atom. The molecule has 172 valence electrons. The molecule has 1 aliphatic carbocycles. The van der Waals surface area contributed by atoms with Crippen LogP contribution in [-0.2, 0) is 15.3 Å². The highest BCUT2D eigenvalue weighted by Crippen LogP contribution is 2.45. The van der Waals surface area contributed by atoms with Crippen LogP contribution in [0.15, 0.2) is 91.0 Å². The molecule has 0 fully saturated rings. The highest BCUT2D eigenvalue weighted by atomic mass is 28.4. The first-order valence-electron chi connectivity index (χ1n) is 11.9. The predicted octanol–water partition coefficient (Wildman–Crippen LogP) is 7.33. The van der Waals surface area contributed by atoms with Crippen LogP contribution in [0.3, 0.4) is 0 Å². The SMILES string of the molecule is CO[Si](OC)(c1c(-c2ccccc2)ccc2c1Cc1cc(-c3ccccc3)ccc1-2)C(C)(C)C. The van der Waals surface area contributed by atoms with Crippen molar-refractivity contribution in [2.75, 3.05) is 14.2 Å². The summed E-state index contributed by atoms with van der Waals surface area (Å²) in [6.45, 7) is 6.74. The minimum atomic E-state index is -2.82. The molecule has 3 heteroatoms. The molecule has 0 aromatic heterocycles. The molecule has 0 amide bonds. The molecular weight excluding hydrogens is 432 g/mol. The lowest BCUT2D eigenvalue weighted by molar-refractivity contribution is 0.230. The lowest BCUT2D eigenvalue weighted by Gasteiger charge is -2.41. The Morgan fingerprint density at radius 3 is 1.76 bits per heavy atom. The van der Waals surface area contributed by atoms with Crippen LogP contribution in [-0.4, -0.2) is 22.8 Å². The second kappa shape index (κ2) is 8.66. The van der Waals surface area contributed by atoms with Gasteiger partial charge in [0.05, 0.1) is 0 Å². The van der Waals surface area contributed by atoms with Crippen molar-refractivity contribution in [3.05, 3.63) is 102 Å². The van der Waals surface area contributed by atoms with Crippen molar-refractivity contribution in [1.29, 1.82) is 0 Å². The van der Waals surface area contributed by atoms with Gasteiger partial charge in [0.15, 0.2) is 0 Å². The summed E-state index contributed by atoms with van der Waals surface area (Å²) < 4.78 is 12.9. The van der Waals surface area contributed by atoms with Gasteiger partial charge >= 0.3 is 8.56 Å². The number of fused-ring (bicyclic) bond motifs is 3. The van der Waals surface area contributed by atoms with Gasteiger partial charge in [-0.15, -0.1) is 0 Å². The lowest BCUT2D eigenvalue weighted by Crippen LogP contribution is -2.61. The van der Waals surface area contributed by atoms with Crippen molar-refractivity contribution in [1.82, 2.24) is 0 Å². The van der Waals surface area contributed by atoms with Crippen molar-refractivity contribution in [2.24, 2.45) is 0 Å². The maximum atomic E-state index is 6.43. The third-order valence-electron chi connectivity index (χ3n) is 7.16. The fourth-order valence-electron chi connectivity index (χ4n) is 5.60. The van der Waals surface area contributed by atoms with Crippen molar-refractivity contribution in [3.63, 3.8) is 0 Å². The van der Waals surface area contributed by atoms with Crippen LogP contribution < -0.4 is 5.19 Å². The Morgan fingerprint density at radius 1 is 0.618 bits per heavy atom. The average Bonchev–Trinajstić information content (AvgIpc) is 3.23. The summed E-state index contributed by atoms with van der Waals surface area (Å²) in [5, 5.41) is 1.12. The molecule has 34 heavy (non-hydrogen) atoms. The predicted molar refractivity (Wildman–Crippen MR) is 145 cm³/mol. The van der Waals surface area contributed by atoms with Crippen LogP contribution in [0, 0.1) is 0 Å². The molecule has 0 radical (unpaired) electrons. The van der Waals surface area contributed by atoms with Gasteiger partial charge in [0.2, 0.25) is 0 Å². The first-order valence-corrected chi connectivity index (χ1v) is 13.7. The van der Waals surface area contributed by atoms with E-state index < -0.39 is 8.56 Å². The monoisotopic (exact) mass is 464 g/mol. The summed E-state index contributed by atoms with van der Waals surface area (Å²) in [4.78, 5) is 0. The highest BCUT2D eigenvalue weighted by Gasteiger charge is 2.53. The van der Waals surface area contributed by atoms with E-state index in [1.807, 2.05) is 14.2 Å². The van der Waals surface area contributed by atoms with Crippen molar-refractivity contribution < 1.29 is 8.85 Å². The van der Waals surface area contributed by atoms with E-state index in [1.165, 1.54) is 49.7 Å². The topological polar surface area (TPSA) is 18.5 Å². The molecule has 0 unspecified atom stereocenters. The smallest absolute Gasteiger partial charge is 0.378 e. The van der Waals surface area contributed by atoms with Gasteiger partial charge in [-0.1, -0.05) is 112 Å². The maximum Gasteiger partial charge on any atom is 0.378 e. The summed E-state index contributed by atoms with van der Waals surface area (Å²) in [7, 11) is 0.826. The molecule has 1 aliphatic rings. The molecular formula is C31H32O2Si. The molecule has 0 bridgehead atoms. The molecule has 0 saturated carbocycles. The highest BCUT2D eigenvalue weighted by molar-refractivity contribution is 6.85. The van der Waals surface area contributed by atoms with E-state index in [4.69, 9.17) is 8.85 Å². The summed E-state index contributed by atoms with van der Waals surface area (Å²) in [5.74, 6) is 0. The molecule has 0 aliphatic heterocycles. The Hall–Kier alpha value is -2.98. The summed E-state index contributed by atoms with van der Waals surface area (Å²) in [6.07, 6.45) is 0.888. The molecule has 0 atom stereocenters. The quantitative estimate of drug-likeness (QED) is 0.253. The van der Waals surface area contributed by atoms with Gasteiger partial charge in [-0.3, -0.25) is 0 Å². The van der Waals surface area contributed by atoms with Gasteiger partial charge in [-0.2, -0.15) is 0 Å². The van der Waals surface area contributed by atoms with Gasteiger partial charge in [-0.05, 0) is 50.9 Å². The van der Waals surface area contributed by atoms with Crippen LogP contribution in [0.4, 0.5) is 0 Å². The van der Waals surface area contributed by atoms with Gasteiger partial charge in [0, 0.05) is 24.4 Å². The zero-order chi connectivity index (χ0) is 23.9. The van der Waals surface area contributed by atoms with Gasteiger partial charge in [0.1, 0.15) is 0 Å². The van der Waals surface area contributed by atoms with Crippen molar-refractivity contribution in [2.45, 2.75) is 32.2 Å². The standard InChI is InChI=1S/C31H32O2Si/c1-31(2,3)34(32-4,33-5)30-27(23-14-10-7-11-15-23)18-19-28-26-17-16-24(20-25(26)21-29(28)30)22-12-8-6-9-13-22/h6-20H,21H2,1-5H3. The van der Waals surface area contributed by atoms with E-state index >= 15 is 0 Å². The Bertz CT molecular complexity index is 1320. The fourth-order valence-corrected chi connectivity index (χ4v) is 9.35. The Balaban J connectivity index is 1.75. The number of rotatable bonds is 5. The maximum absolute atomic E-state index is 6.43. The van der Waals surface area contributed by atoms with E-state index in [2.05, 4.69) is 112 Å². The van der Waals surface area contributed by atoms with Crippen LogP contribution in [0.25, 0.3) is 33.4 Å². The van der Waals surface area contributed by atoms with Gasteiger partial charge < -0.3 is 8.85 Å². The first kappa shape index (κ1) is 22.8. The largest absolute Gasteiger partial charge is 0.394 e. The molecule has 5 rings (SSSR count). The Kier molecular flexibility index (Phi) is 5.81. The molecule has 0 saturated heterocycles. The second-order valence-corrected chi connectivity index (χ2v) is 14.1. The minimum Gasteiger partial charge on any atom is -0.394 e. The Labute approximate surface area is 204 Å².